The average molecular weight is 303 g/mol. The van der Waals surface area contributed by atoms with E-state index in [2.05, 4.69) is 28.7 Å². The van der Waals surface area contributed by atoms with Gasteiger partial charge in [-0.15, -0.1) is 0 Å². The van der Waals surface area contributed by atoms with Crippen LogP contribution in [0.2, 0.25) is 0 Å². The smallest absolute Gasteiger partial charge is 0.0960 e. The van der Waals surface area contributed by atoms with E-state index in [-0.39, 0.29) is 6.10 Å². The third-order valence-corrected chi connectivity index (χ3v) is 4.66. The second-order valence-corrected chi connectivity index (χ2v) is 6.38. The number of morpholine rings is 1. The minimum Gasteiger partial charge on any atom is -0.387 e. The van der Waals surface area contributed by atoms with Crippen LogP contribution < -0.4 is 0 Å². The molecule has 112 valence electrons. The third kappa shape index (κ3) is 3.71. The van der Waals surface area contributed by atoms with Crippen LogP contribution in [0.25, 0.3) is 0 Å². The molecule has 2 atom stereocenters. The molecule has 1 saturated heterocycles. The van der Waals surface area contributed by atoms with Crippen LogP contribution in [0.5, 0.6) is 0 Å². The minimum atomic E-state index is -0.438. The SMILES string of the molecule is Cc1ccc(C(O)CN2CCOC(c3ccsc3)C2)cc1. The zero-order chi connectivity index (χ0) is 14.7. The Bertz CT molecular complexity index is 553. The normalized spacial score (nSPS) is 21.3. The summed E-state index contributed by atoms with van der Waals surface area (Å²) in [5.74, 6) is 0. The number of hydrogen-bond acceptors (Lipinski definition) is 4. The standard InChI is InChI=1S/C17H21NO2S/c1-13-2-4-14(5-3-13)16(19)10-18-7-8-20-17(11-18)15-6-9-21-12-15/h2-6,9,12,16-17,19H,7-8,10-11H2,1H3. The molecule has 0 saturated carbocycles. The maximum Gasteiger partial charge on any atom is 0.0960 e. The van der Waals surface area contributed by atoms with Gasteiger partial charge in [0.25, 0.3) is 0 Å². The van der Waals surface area contributed by atoms with Gasteiger partial charge in [0.1, 0.15) is 0 Å². The Morgan fingerprint density at radius 1 is 1.33 bits per heavy atom. The molecule has 1 aromatic carbocycles. The summed E-state index contributed by atoms with van der Waals surface area (Å²) >= 11 is 1.70. The van der Waals surface area contributed by atoms with Gasteiger partial charge in [-0.05, 0) is 34.9 Å². The van der Waals surface area contributed by atoms with Gasteiger partial charge in [0.2, 0.25) is 0 Å². The number of rotatable bonds is 4. The number of thiophene rings is 1. The summed E-state index contributed by atoms with van der Waals surface area (Å²) in [6.45, 7) is 5.17. The zero-order valence-corrected chi connectivity index (χ0v) is 13.1. The maximum absolute atomic E-state index is 10.4. The summed E-state index contributed by atoms with van der Waals surface area (Å²) in [5.41, 5.74) is 3.45. The number of aryl methyl sites for hydroxylation is 1. The molecule has 1 aliphatic heterocycles. The van der Waals surface area contributed by atoms with Crippen LogP contribution in [0, 0.1) is 6.92 Å². The van der Waals surface area contributed by atoms with E-state index in [0.717, 1.165) is 25.3 Å². The van der Waals surface area contributed by atoms with Gasteiger partial charge in [-0.3, -0.25) is 4.90 Å². The Labute approximate surface area is 129 Å². The van der Waals surface area contributed by atoms with Crippen LogP contribution >= 0.6 is 11.3 Å². The van der Waals surface area contributed by atoms with Gasteiger partial charge in [0.05, 0.1) is 18.8 Å². The summed E-state index contributed by atoms with van der Waals surface area (Å²) in [4.78, 5) is 2.29. The first-order valence-electron chi connectivity index (χ1n) is 7.33. The topological polar surface area (TPSA) is 32.7 Å². The van der Waals surface area contributed by atoms with E-state index in [0.29, 0.717) is 6.54 Å². The summed E-state index contributed by atoms with van der Waals surface area (Å²) in [6, 6.07) is 10.2. The first kappa shape index (κ1) is 14.7. The second kappa shape index (κ2) is 6.71. The number of ether oxygens (including phenoxy) is 1. The Balaban J connectivity index is 1.60. The highest BCUT2D eigenvalue weighted by Gasteiger charge is 2.24. The van der Waals surface area contributed by atoms with Crippen molar-refractivity contribution in [3.8, 4) is 0 Å². The average Bonchev–Trinajstić information content (AvgIpc) is 3.02. The van der Waals surface area contributed by atoms with Crippen molar-refractivity contribution in [2.24, 2.45) is 0 Å². The summed E-state index contributed by atoms with van der Waals surface area (Å²) in [7, 11) is 0. The van der Waals surface area contributed by atoms with Gasteiger partial charge >= 0.3 is 0 Å². The first-order valence-corrected chi connectivity index (χ1v) is 8.27. The fourth-order valence-electron chi connectivity index (χ4n) is 2.67. The fraction of sp³-hybridized carbons (Fsp3) is 0.412. The van der Waals surface area contributed by atoms with Gasteiger partial charge in [0, 0.05) is 19.6 Å². The van der Waals surface area contributed by atoms with E-state index in [1.807, 2.05) is 24.3 Å². The van der Waals surface area contributed by atoms with E-state index >= 15 is 0 Å². The van der Waals surface area contributed by atoms with E-state index in [4.69, 9.17) is 4.74 Å². The van der Waals surface area contributed by atoms with Crippen LogP contribution in [0.15, 0.2) is 41.1 Å². The lowest BCUT2D eigenvalue weighted by atomic mass is 10.1. The van der Waals surface area contributed by atoms with Crippen molar-refractivity contribution in [2.75, 3.05) is 26.2 Å². The number of benzene rings is 1. The molecule has 3 nitrogen and oxygen atoms in total. The predicted molar refractivity (Wildman–Crippen MR) is 85.6 cm³/mol. The molecule has 2 unspecified atom stereocenters. The highest BCUT2D eigenvalue weighted by molar-refractivity contribution is 7.07. The summed E-state index contributed by atoms with van der Waals surface area (Å²) in [6.07, 6.45) is -0.304. The van der Waals surface area contributed by atoms with E-state index in [1.165, 1.54) is 11.1 Å². The van der Waals surface area contributed by atoms with Gasteiger partial charge in [-0.1, -0.05) is 29.8 Å². The molecule has 1 aliphatic rings. The van der Waals surface area contributed by atoms with Crippen molar-refractivity contribution in [1.29, 1.82) is 0 Å². The van der Waals surface area contributed by atoms with Gasteiger partial charge < -0.3 is 9.84 Å². The van der Waals surface area contributed by atoms with Crippen LogP contribution in [-0.2, 0) is 4.74 Å². The lowest BCUT2D eigenvalue weighted by Crippen LogP contribution is -2.40. The lowest BCUT2D eigenvalue weighted by molar-refractivity contribution is -0.0422. The molecule has 0 amide bonds. The number of aliphatic hydroxyl groups excluding tert-OH is 1. The Hall–Kier alpha value is -1.20. The molecular weight excluding hydrogens is 282 g/mol. The summed E-state index contributed by atoms with van der Waals surface area (Å²) < 4.78 is 5.84. The molecule has 1 aromatic heterocycles. The monoisotopic (exact) mass is 303 g/mol. The largest absolute Gasteiger partial charge is 0.387 e. The van der Waals surface area contributed by atoms with Crippen LogP contribution in [0.4, 0.5) is 0 Å². The highest BCUT2D eigenvalue weighted by Crippen LogP contribution is 2.25. The number of β-amino-alcohol motifs (C(OH)–C–C–N with tert-alkyl or cyclic N) is 1. The predicted octanol–water partition coefficient (Wildman–Crippen LogP) is 3.16. The van der Waals surface area contributed by atoms with Crippen molar-refractivity contribution in [2.45, 2.75) is 19.1 Å². The summed E-state index contributed by atoms with van der Waals surface area (Å²) in [5, 5.41) is 14.6. The first-order chi connectivity index (χ1) is 10.2. The van der Waals surface area contributed by atoms with Gasteiger partial charge in [-0.25, -0.2) is 0 Å². The van der Waals surface area contributed by atoms with Crippen molar-refractivity contribution in [3.05, 3.63) is 57.8 Å². The molecular formula is C17H21NO2S. The minimum absolute atomic E-state index is 0.134. The molecule has 2 aromatic rings. The molecule has 3 rings (SSSR count). The fourth-order valence-corrected chi connectivity index (χ4v) is 3.37. The van der Waals surface area contributed by atoms with Crippen molar-refractivity contribution in [3.63, 3.8) is 0 Å². The zero-order valence-electron chi connectivity index (χ0n) is 12.2. The van der Waals surface area contributed by atoms with Gasteiger partial charge in [0.15, 0.2) is 0 Å². The molecule has 21 heavy (non-hydrogen) atoms. The maximum atomic E-state index is 10.4. The molecule has 0 spiro atoms. The molecule has 0 radical (unpaired) electrons. The van der Waals surface area contributed by atoms with Crippen LogP contribution in [-0.4, -0.2) is 36.2 Å². The number of aliphatic hydroxyl groups is 1. The number of hydrogen-bond donors (Lipinski definition) is 1. The van der Waals surface area contributed by atoms with E-state index in [1.54, 1.807) is 11.3 Å². The van der Waals surface area contributed by atoms with Crippen LogP contribution in [0.3, 0.4) is 0 Å². The van der Waals surface area contributed by atoms with Crippen molar-refractivity contribution >= 4 is 11.3 Å². The van der Waals surface area contributed by atoms with E-state index in [9.17, 15) is 5.11 Å². The molecule has 2 heterocycles. The lowest BCUT2D eigenvalue weighted by Gasteiger charge is -2.34. The molecule has 4 heteroatoms. The third-order valence-electron chi connectivity index (χ3n) is 3.96. The molecule has 0 aliphatic carbocycles. The second-order valence-electron chi connectivity index (χ2n) is 5.60. The quantitative estimate of drug-likeness (QED) is 0.942. The van der Waals surface area contributed by atoms with Crippen molar-refractivity contribution in [1.82, 2.24) is 4.90 Å². The Kier molecular flexibility index (Phi) is 4.70. The van der Waals surface area contributed by atoms with Crippen LogP contribution in [0.1, 0.15) is 28.9 Å². The Morgan fingerprint density at radius 3 is 2.86 bits per heavy atom. The molecule has 1 fully saturated rings. The Morgan fingerprint density at radius 2 is 2.14 bits per heavy atom. The molecule has 1 N–H and O–H groups in total. The van der Waals surface area contributed by atoms with Gasteiger partial charge in [-0.2, -0.15) is 11.3 Å². The number of nitrogens with zero attached hydrogens (tertiary/aromatic N) is 1. The highest BCUT2D eigenvalue weighted by atomic mass is 32.1. The van der Waals surface area contributed by atoms with E-state index < -0.39 is 6.10 Å². The van der Waals surface area contributed by atoms with Crippen molar-refractivity contribution < 1.29 is 9.84 Å². The molecule has 0 bridgehead atoms.